The third-order valence-corrected chi connectivity index (χ3v) is 6.00. The summed E-state index contributed by atoms with van der Waals surface area (Å²) in [6.45, 7) is 1.78. The fourth-order valence-electron chi connectivity index (χ4n) is 3.27. The molecule has 0 radical (unpaired) electrons. The Morgan fingerprint density at radius 1 is 1.19 bits per heavy atom. The van der Waals surface area contributed by atoms with Crippen LogP contribution in [0, 0.1) is 0 Å². The van der Waals surface area contributed by atoms with Crippen LogP contribution in [-0.2, 0) is 11.8 Å². The predicted molar refractivity (Wildman–Crippen MR) is 108 cm³/mol. The van der Waals surface area contributed by atoms with Crippen LogP contribution in [-0.4, -0.2) is 32.8 Å². The molecule has 0 bridgehead atoms. The van der Waals surface area contributed by atoms with E-state index >= 15 is 0 Å². The number of amides is 3. The molecule has 2 aromatic rings. The molecular weight excluding hydrogens is 360 g/mol. The zero-order valence-electron chi connectivity index (χ0n) is 15.8. The summed E-state index contributed by atoms with van der Waals surface area (Å²) >= 11 is 1.34. The molecule has 27 heavy (non-hydrogen) atoms. The van der Waals surface area contributed by atoms with E-state index in [4.69, 9.17) is 0 Å². The molecule has 3 rings (SSSR count). The molecule has 1 aliphatic carbocycles. The van der Waals surface area contributed by atoms with Gasteiger partial charge in [0.2, 0.25) is 5.91 Å². The van der Waals surface area contributed by atoms with Crippen LogP contribution in [0.3, 0.4) is 0 Å². The number of aromatic nitrogens is 2. The molecular formula is C20H26N4O2S. The molecule has 1 fully saturated rings. The summed E-state index contributed by atoms with van der Waals surface area (Å²) < 4.78 is 1.96. The quantitative estimate of drug-likeness (QED) is 0.768. The topological polar surface area (TPSA) is 76.0 Å². The number of hydrogen-bond donors (Lipinski definition) is 2. The van der Waals surface area contributed by atoms with Crippen LogP contribution in [0.1, 0.15) is 39.0 Å². The summed E-state index contributed by atoms with van der Waals surface area (Å²) in [5.41, 5.74) is 2.06. The van der Waals surface area contributed by atoms with E-state index in [0.29, 0.717) is 0 Å². The van der Waals surface area contributed by atoms with Gasteiger partial charge in [-0.2, -0.15) is 0 Å². The first-order valence-electron chi connectivity index (χ1n) is 9.39. The molecule has 0 saturated heterocycles. The molecule has 0 spiro atoms. The Labute approximate surface area is 164 Å². The van der Waals surface area contributed by atoms with Crippen LogP contribution in [0.5, 0.6) is 0 Å². The molecule has 1 saturated carbocycles. The summed E-state index contributed by atoms with van der Waals surface area (Å²) in [6, 6.07) is 9.77. The average Bonchev–Trinajstić information content (AvgIpc) is 3.03. The summed E-state index contributed by atoms with van der Waals surface area (Å²) in [6.07, 6.45) is 7.27. The highest BCUT2D eigenvalue weighted by Crippen LogP contribution is 2.27. The number of carbonyl (C=O) groups is 2. The van der Waals surface area contributed by atoms with Gasteiger partial charge in [-0.15, -0.1) is 0 Å². The number of imide groups is 1. The van der Waals surface area contributed by atoms with Gasteiger partial charge in [0.25, 0.3) is 0 Å². The van der Waals surface area contributed by atoms with Crippen molar-refractivity contribution in [1.29, 1.82) is 0 Å². The van der Waals surface area contributed by atoms with Crippen molar-refractivity contribution in [2.75, 3.05) is 0 Å². The Kier molecular flexibility index (Phi) is 6.55. The Hall–Kier alpha value is -2.28. The highest BCUT2D eigenvalue weighted by molar-refractivity contribution is 8.00. The highest BCUT2D eigenvalue weighted by Gasteiger charge is 2.22. The van der Waals surface area contributed by atoms with Crippen molar-refractivity contribution in [3.05, 3.63) is 36.5 Å². The summed E-state index contributed by atoms with van der Waals surface area (Å²) in [5, 5.41) is 5.68. The number of urea groups is 1. The third kappa shape index (κ3) is 5.13. The maximum Gasteiger partial charge on any atom is 0.321 e. The van der Waals surface area contributed by atoms with E-state index in [1.807, 2.05) is 41.9 Å². The number of thioether (sulfide) groups is 1. The standard InChI is InChI=1S/C20H26N4O2S/c1-14(18(25)23-19(26)22-16-11-7-4-8-12-16)27-20-21-13-17(24(20)2)15-9-5-3-6-10-15/h3,5-6,9-10,13-14,16H,4,7-8,11-12H2,1-2H3,(H2,22,23,25,26)/t14-/m1/s1. The van der Waals surface area contributed by atoms with E-state index in [9.17, 15) is 9.59 Å². The molecule has 1 atom stereocenters. The van der Waals surface area contributed by atoms with Crippen molar-refractivity contribution in [2.24, 2.45) is 7.05 Å². The van der Waals surface area contributed by atoms with Crippen molar-refractivity contribution in [1.82, 2.24) is 20.2 Å². The molecule has 0 unspecified atom stereocenters. The van der Waals surface area contributed by atoms with Gasteiger partial charge in [-0.05, 0) is 25.3 Å². The largest absolute Gasteiger partial charge is 0.335 e. The lowest BCUT2D eigenvalue weighted by Gasteiger charge is -2.23. The van der Waals surface area contributed by atoms with Crippen molar-refractivity contribution < 1.29 is 9.59 Å². The molecule has 2 N–H and O–H groups in total. The summed E-state index contributed by atoms with van der Waals surface area (Å²) in [4.78, 5) is 28.9. The highest BCUT2D eigenvalue weighted by atomic mass is 32.2. The lowest BCUT2D eigenvalue weighted by atomic mass is 9.96. The normalized spacial score (nSPS) is 15.9. The lowest BCUT2D eigenvalue weighted by molar-refractivity contribution is -0.119. The number of nitrogens with zero attached hydrogens (tertiary/aromatic N) is 2. The van der Waals surface area contributed by atoms with Gasteiger partial charge in [-0.25, -0.2) is 9.78 Å². The van der Waals surface area contributed by atoms with Gasteiger partial charge < -0.3 is 9.88 Å². The first-order valence-corrected chi connectivity index (χ1v) is 10.3. The monoisotopic (exact) mass is 386 g/mol. The maximum absolute atomic E-state index is 12.4. The first-order chi connectivity index (χ1) is 13.0. The Balaban J connectivity index is 1.55. The average molecular weight is 387 g/mol. The van der Waals surface area contributed by atoms with E-state index < -0.39 is 11.3 Å². The molecule has 1 aliphatic rings. The minimum absolute atomic E-state index is 0.178. The molecule has 7 heteroatoms. The van der Waals surface area contributed by atoms with Gasteiger partial charge in [0.15, 0.2) is 5.16 Å². The minimum Gasteiger partial charge on any atom is -0.335 e. The van der Waals surface area contributed by atoms with E-state index in [0.717, 1.165) is 42.1 Å². The van der Waals surface area contributed by atoms with Gasteiger partial charge >= 0.3 is 6.03 Å². The second kappa shape index (κ2) is 9.08. The fourth-order valence-corrected chi connectivity index (χ4v) is 4.12. The van der Waals surface area contributed by atoms with Gasteiger partial charge in [0.1, 0.15) is 0 Å². The number of benzene rings is 1. The van der Waals surface area contributed by atoms with Crippen LogP contribution in [0.25, 0.3) is 11.3 Å². The third-order valence-electron chi connectivity index (χ3n) is 4.84. The maximum atomic E-state index is 12.4. The zero-order chi connectivity index (χ0) is 19.2. The molecule has 1 aromatic carbocycles. The lowest BCUT2D eigenvalue weighted by Crippen LogP contribution is -2.47. The SMILES string of the molecule is C[C@@H](Sc1ncc(-c2ccccc2)n1C)C(=O)NC(=O)NC1CCCCC1. The zero-order valence-corrected chi connectivity index (χ0v) is 16.6. The Bertz CT molecular complexity index is 785. The molecule has 1 aromatic heterocycles. The van der Waals surface area contributed by atoms with Crippen LogP contribution in [0.15, 0.2) is 41.7 Å². The fraction of sp³-hybridized carbons (Fsp3) is 0.450. The molecule has 0 aliphatic heterocycles. The number of carbonyl (C=O) groups excluding carboxylic acids is 2. The van der Waals surface area contributed by atoms with Crippen LogP contribution in [0.4, 0.5) is 4.79 Å². The first kappa shape index (κ1) is 19.5. The molecule has 3 amide bonds. The van der Waals surface area contributed by atoms with Gasteiger partial charge in [0.05, 0.1) is 17.1 Å². The number of hydrogen-bond acceptors (Lipinski definition) is 4. The summed E-state index contributed by atoms with van der Waals surface area (Å²) in [5.74, 6) is -0.308. The Morgan fingerprint density at radius 3 is 2.59 bits per heavy atom. The van der Waals surface area contributed by atoms with Crippen molar-refractivity contribution in [3.63, 3.8) is 0 Å². The minimum atomic E-state index is -0.424. The van der Waals surface area contributed by atoms with Crippen molar-refractivity contribution in [3.8, 4) is 11.3 Å². The van der Waals surface area contributed by atoms with E-state index in [1.54, 1.807) is 13.1 Å². The summed E-state index contributed by atoms with van der Waals surface area (Å²) in [7, 11) is 1.93. The van der Waals surface area contributed by atoms with Gasteiger partial charge in [-0.1, -0.05) is 61.4 Å². The molecule has 144 valence electrons. The van der Waals surface area contributed by atoms with E-state index in [-0.39, 0.29) is 11.9 Å². The number of imidazole rings is 1. The second-order valence-electron chi connectivity index (χ2n) is 6.91. The molecule has 6 nitrogen and oxygen atoms in total. The number of nitrogens with one attached hydrogen (secondary N) is 2. The van der Waals surface area contributed by atoms with Crippen molar-refractivity contribution in [2.45, 2.75) is 55.5 Å². The van der Waals surface area contributed by atoms with Crippen LogP contribution >= 0.6 is 11.8 Å². The van der Waals surface area contributed by atoms with E-state index in [2.05, 4.69) is 15.6 Å². The van der Waals surface area contributed by atoms with Gasteiger partial charge in [0, 0.05) is 13.1 Å². The number of rotatable bonds is 5. The smallest absolute Gasteiger partial charge is 0.321 e. The van der Waals surface area contributed by atoms with Crippen molar-refractivity contribution >= 4 is 23.7 Å². The van der Waals surface area contributed by atoms with Crippen LogP contribution < -0.4 is 10.6 Å². The van der Waals surface area contributed by atoms with Crippen LogP contribution in [0.2, 0.25) is 0 Å². The second-order valence-corrected chi connectivity index (χ2v) is 8.22. The predicted octanol–water partition coefficient (Wildman–Crippen LogP) is 3.73. The molecule has 1 heterocycles. The van der Waals surface area contributed by atoms with Gasteiger partial charge in [-0.3, -0.25) is 10.1 Å². The van der Waals surface area contributed by atoms with E-state index in [1.165, 1.54) is 18.2 Å². The Morgan fingerprint density at radius 2 is 1.89 bits per heavy atom.